The molecule has 0 amide bonds. The maximum atomic E-state index is 3.45. The molecule has 56 valence electrons. The average molecular weight is 215 g/mol. The molecule has 0 radical (unpaired) electrons. The average Bonchev–Trinajstić information content (AvgIpc) is 1.91. The van der Waals surface area contributed by atoms with Crippen molar-refractivity contribution in [2.24, 2.45) is 5.92 Å². The van der Waals surface area contributed by atoms with Gasteiger partial charge in [0.25, 0.3) is 0 Å². The molecule has 0 fully saturated rings. The maximum Gasteiger partial charge on any atom is 2.00 e. The second kappa shape index (κ2) is 6.68. The zero-order chi connectivity index (χ0) is 6.53. The Hall–Kier alpha value is 0.986. The summed E-state index contributed by atoms with van der Waals surface area (Å²) in [6, 6.07) is 0. The zero-order valence-electron chi connectivity index (χ0n) is 8.35. The Bertz CT molecular complexity index is 109. The Labute approximate surface area is 90.7 Å². The molecule has 10 heavy (non-hydrogen) atoms. The van der Waals surface area contributed by atoms with Crippen LogP contribution in [0.5, 0.6) is 0 Å². The minimum atomic E-state index is 0. The summed E-state index contributed by atoms with van der Waals surface area (Å²) in [5.74, 6) is 0.873. The van der Waals surface area contributed by atoms with E-state index in [0.29, 0.717) is 0 Å². The molecule has 0 aromatic heterocycles. The number of hydrogen-bond acceptors (Lipinski definition) is 0. The Balaban J connectivity index is -0.000000270. The molecule has 1 atom stereocenters. The van der Waals surface area contributed by atoms with Crippen LogP contribution in [-0.4, -0.2) is 28.4 Å². The number of alkyl halides is 1. The van der Waals surface area contributed by atoms with Gasteiger partial charge in [0, 0.05) is 5.33 Å². The Morgan fingerprint density at radius 1 is 1.60 bits per heavy atom. The first kappa shape index (κ1) is 11.0. The molecule has 1 aliphatic rings. The van der Waals surface area contributed by atoms with E-state index < -0.39 is 0 Å². The third-order valence-electron chi connectivity index (χ3n) is 1.83. The number of hydrogen-bond donors (Lipinski definition) is 0. The monoisotopic (exact) mass is 214 g/mol. The van der Waals surface area contributed by atoms with E-state index in [1.165, 1.54) is 25.7 Å². The number of allylic oxidation sites excluding steroid dienone is 2. The SMILES string of the molecule is BrCCC1C=CCCC1.[H-].[H-].[Mg+2]. The van der Waals surface area contributed by atoms with Gasteiger partial charge in [0.05, 0.1) is 0 Å². The van der Waals surface area contributed by atoms with E-state index in [4.69, 9.17) is 0 Å². The van der Waals surface area contributed by atoms with Crippen LogP contribution in [0, 0.1) is 5.92 Å². The van der Waals surface area contributed by atoms with Crippen LogP contribution in [0.1, 0.15) is 28.5 Å². The summed E-state index contributed by atoms with van der Waals surface area (Å²) in [6.07, 6.45) is 10.1. The van der Waals surface area contributed by atoms with Crippen molar-refractivity contribution in [1.82, 2.24) is 0 Å². The fraction of sp³-hybridized carbons (Fsp3) is 0.750. The van der Waals surface area contributed by atoms with Gasteiger partial charge >= 0.3 is 23.1 Å². The topological polar surface area (TPSA) is 0 Å². The summed E-state index contributed by atoms with van der Waals surface area (Å²) in [6.45, 7) is 0. The molecule has 0 heterocycles. The van der Waals surface area contributed by atoms with Crippen molar-refractivity contribution in [3.05, 3.63) is 12.2 Å². The fourth-order valence-corrected chi connectivity index (χ4v) is 1.85. The van der Waals surface area contributed by atoms with Gasteiger partial charge in [-0.25, -0.2) is 0 Å². The third-order valence-corrected chi connectivity index (χ3v) is 2.29. The van der Waals surface area contributed by atoms with Crippen molar-refractivity contribution in [1.29, 1.82) is 0 Å². The predicted molar refractivity (Wildman–Crippen MR) is 52.9 cm³/mol. The number of rotatable bonds is 2. The van der Waals surface area contributed by atoms with Crippen molar-refractivity contribution in [2.45, 2.75) is 25.7 Å². The molecular weight excluding hydrogens is 200 g/mol. The van der Waals surface area contributed by atoms with Crippen LogP contribution in [0.4, 0.5) is 0 Å². The van der Waals surface area contributed by atoms with Crippen LogP contribution in [-0.2, 0) is 0 Å². The summed E-state index contributed by atoms with van der Waals surface area (Å²) < 4.78 is 0. The summed E-state index contributed by atoms with van der Waals surface area (Å²) in [5, 5.41) is 1.15. The van der Waals surface area contributed by atoms with Gasteiger partial charge in [0.2, 0.25) is 0 Å². The molecule has 0 aromatic rings. The van der Waals surface area contributed by atoms with E-state index in [9.17, 15) is 0 Å². The first-order valence-corrected chi connectivity index (χ1v) is 4.78. The Morgan fingerprint density at radius 3 is 2.90 bits per heavy atom. The normalized spacial score (nSPS) is 23.9. The van der Waals surface area contributed by atoms with Crippen LogP contribution in [0.15, 0.2) is 12.2 Å². The molecule has 1 rings (SSSR count). The molecule has 0 saturated carbocycles. The van der Waals surface area contributed by atoms with Crippen LogP contribution < -0.4 is 0 Å². The molecule has 0 bridgehead atoms. The first-order chi connectivity index (χ1) is 4.43. The van der Waals surface area contributed by atoms with Crippen molar-refractivity contribution in [3.63, 3.8) is 0 Å². The van der Waals surface area contributed by atoms with Crippen molar-refractivity contribution in [3.8, 4) is 0 Å². The van der Waals surface area contributed by atoms with Crippen LogP contribution in [0.2, 0.25) is 0 Å². The quantitative estimate of drug-likeness (QED) is 0.377. The van der Waals surface area contributed by atoms with Crippen molar-refractivity contribution in [2.75, 3.05) is 5.33 Å². The molecule has 0 saturated heterocycles. The van der Waals surface area contributed by atoms with Gasteiger partial charge in [0.1, 0.15) is 0 Å². The van der Waals surface area contributed by atoms with E-state index in [0.717, 1.165) is 11.2 Å². The van der Waals surface area contributed by atoms with Gasteiger partial charge in [-0.2, -0.15) is 0 Å². The predicted octanol–water partition coefficient (Wildman–Crippen LogP) is 2.97. The van der Waals surface area contributed by atoms with E-state index >= 15 is 0 Å². The smallest absolute Gasteiger partial charge is 1.00 e. The fourth-order valence-electron chi connectivity index (χ4n) is 1.26. The number of halogens is 1. The van der Waals surface area contributed by atoms with E-state index in [2.05, 4.69) is 28.1 Å². The van der Waals surface area contributed by atoms with Gasteiger partial charge in [-0.1, -0.05) is 28.1 Å². The van der Waals surface area contributed by atoms with Crippen LogP contribution in [0.3, 0.4) is 0 Å². The van der Waals surface area contributed by atoms with Crippen LogP contribution >= 0.6 is 15.9 Å². The molecule has 1 aliphatic carbocycles. The van der Waals surface area contributed by atoms with Crippen LogP contribution in [0.25, 0.3) is 0 Å². The second-order valence-corrected chi connectivity index (χ2v) is 3.39. The van der Waals surface area contributed by atoms with Gasteiger partial charge in [-0.3, -0.25) is 0 Å². The van der Waals surface area contributed by atoms with Gasteiger partial charge in [-0.15, -0.1) is 0 Å². The third kappa shape index (κ3) is 3.99. The molecule has 2 heteroatoms. The zero-order valence-corrected chi connectivity index (χ0v) is 9.35. The second-order valence-electron chi connectivity index (χ2n) is 2.60. The van der Waals surface area contributed by atoms with E-state index in [-0.39, 0.29) is 25.9 Å². The molecule has 0 spiro atoms. The molecule has 1 unspecified atom stereocenters. The Morgan fingerprint density at radius 2 is 2.40 bits per heavy atom. The van der Waals surface area contributed by atoms with Gasteiger partial charge in [-0.05, 0) is 31.6 Å². The minimum Gasteiger partial charge on any atom is -1.00 e. The largest absolute Gasteiger partial charge is 2.00 e. The molecule has 0 aromatic carbocycles. The Kier molecular flexibility index (Phi) is 7.34. The first-order valence-electron chi connectivity index (χ1n) is 3.66. The van der Waals surface area contributed by atoms with Crippen molar-refractivity contribution < 1.29 is 2.85 Å². The van der Waals surface area contributed by atoms with E-state index in [1.807, 2.05) is 0 Å². The molecule has 0 nitrogen and oxygen atoms in total. The summed E-state index contributed by atoms with van der Waals surface area (Å²) >= 11 is 3.45. The molecule has 0 aliphatic heterocycles. The summed E-state index contributed by atoms with van der Waals surface area (Å²) in [4.78, 5) is 0. The van der Waals surface area contributed by atoms with Gasteiger partial charge in [0.15, 0.2) is 0 Å². The summed E-state index contributed by atoms with van der Waals surface area (Å²) in [5.41, 5.74) is 0. The van der Waals surface area contributed by atoms with Crippen molar-refractivity contribution >= 4 is 39.0 Å². The van der Waals surface area contributed by atoms with Gasteiger partial charge < -0.3 is 2.85 Å². The van der Waals surface area contributed by atoms with E-state index in [1.54, 1.807) is 0 Å². The molecule has 0 N–H and O–H groups in total. The minimum absolute atomic E-state index is 0. The maximum absolute atomic E-state index is 3.45. The molecular formula is C8H15BrMg. The summed E-state index contributed by atoms with van der Waals surface area (Å²) in [7, 11) is 0. The standard InChI is InChI=1S/C8H13Br.Mg.2H/c9-7-6-8-4-2-1-3-5-8;;;/h2,4,8H,1,3,5-7H2;;;/q;+2;2*-1.